The maximum atomic E-state index is 11.5. The fraction of sp³-hybridized carbons (Fsp3) is 0.364. The highest BCUT2D eigenvalue weighted by Gasteiger charge is 2.01. The van der Waals surface area contributed by atoms with Crippen molar-refractivity contribution in [3.05, 3.63) is 29.3 Å². The molecule has 1 aromatic carbocycles. The molecule has 5 heteroatoms. The number of ether oxygens (including phenoxy) is 1. The molecule has 16 heavy (non-hydrogen) atoms. The zero-order valence-corrected chi connectivity index (χ0v) is 10.6. The number of rotatable bonds is 6. The number of nitrogens with one attached hydrogen (secondary N) is 1. The van der Waals surface area contributed by atoms with Crippen molar-refractivity contribution in [2.75, 3.05) is 30.5 Å². The van der Waals surface area contributed by atoms with Crippen LogP contribution in [0, 0.1) is 0 Å². The molecule has 1 amide bonds. The number of benzene rings is 1. The van der Waals surface area contributed by atoms with Crippen molar-refractivity contribution in [1.29, 1.82) is 0 Å². The molecule has 0 radical (unpaired) electrons. The van der Waals surface area contributed by atoms with Gasteiger partial charge in [0, 0.05) is 23.6 Å². The van der Waals surface area contributed by atoms with Crippen LogP contribution in [0.25, 0.3) is 0 Å². The van der Waals surface area contributed by atoms with Crippen molar-refractivity contribution in [1.82, 2.24) is 0 Å². The molecule has 0 aliphatic rings. The van der Waals surface area contributed by atoms with Crippen molar-refractivity contribution in [2.24, 2.45) is 0 Å². The molecule has 0 fully saturated rings. The Bertz CT molecular complexity index is 329. The topological polar surface area (TPSA) is 38.3 Å². The van der Waals surface area contributed by atoms with Crippen molar-refractivity contribution < 1.29 is 9.53 Å². The molecule has 0 heterocycles. The van der Waals surface area contributed by atoms with Crippen LogP contribution in [0.5, 0.6) is 0 Å². The molecular weight excluding hydrogens is 246 g/mol. The SMILES string of the molecule is COCCSCC(=O)Nc1ccc(Cl)cc1. The van der Waals surface area contributed by atoms with Crippen LogP contribution in [0.3, 0.4) is 0 Å². The van der Waals surface area contributed by atoms with E-state index in [0.717, 1.165) is 11.4 Å². The van der Waals surface area contributed by atoms with Gasteiger partial charge >= 0.3 is 0 Å². The molecule has 88 valence electrons. The first-order chi connectivity index (χ1) is 7.72. The first-order valence-electron chi connectivity index (χ1n) is 4.84. The quantitative estimate of drug-likeness (QED) is 0.799. The Balaban J connectivity index is 2.26. The van der Waals surface area contributed by atoms with Crippen molar-refractivity contribution in [3.63, 3.8) is 0 Å². The van der Waals surface area contributed by atoms with E-state index in [1.807, 2.05) is 0 Å². The van der Waals surface area contributed by atoms with Gasteiger partial charge in [0.05, 0.1) is 12.4 Å². The minimum Gasteiger partial charge on any atom is -0.384 e. The van der Waals surface area contributed by atoms with Crippen molar-refractivity contribution >= 4 is 35.0 Å². The number of hydrogen-bond donors (Lipinski definition) is 1. The minimum absolute atomic E-state index is 0.0107. The van der Waals surface area contributed by atoms with Gasteiger partial charge in [-0.05, 0) is 24.3 Å². The van der Waals surface area contributed by atoms with Crippen LogP contribution in [0.4, 0.5) is 5.69 Å². The van der Waals surface area contributed by atoms with Gasteiger partial charge in [-0.2, -0.15) is 0 Å². The average molecular weight is 260 g/mol. The second-order valence-electron chi connectivity index (χ2n) is 3.10. The molecule has 3 nitrogen and oxygen atoms in total. The molecule has 0 saturated heterocycles. The summed E-state index contributed by atoms with van der Waals surface area (Å²) in [6.07, 6.45) is 0. The summed E-state index contributed by atoms with van der Waals surface area (Å²) >= 11 is 7.28. The van der Waals surface area contributed by atoms with Crippen molar-refractivity contribution in [3.8, 4) is 0 Å². The molecule has 1 N–H and O–H groups in total. The molecule has 1 aromatic rings. The molecule has 0 spiro atoms. The summed E-state index contributed by atoms with van der Waals surface area (Å²) in [5, 5.41) is 3.45. The Hall–Kier alpha value is -0.710. The van der Waals surface area contributed by atoms with Crippen LogP contribution in [0.2, 0.25) is 5.02 Å². The summed E-state index contributed by atoms with van der Waals surface area (Å²) in [5.41, 5.74) is 0.766. The number of methoxy groups -OCH3 is 1. The van der Waals surface area contributed by atoms with E-state index < -0.39 is 0 Å². The van der Waals surface area contributed by atoms with Crippen LogP contribution in [-0.4, -0.2) is 31.1 Å². The summed E-state index contributed by atoms with van der Waals surface area (Å²) in [6.45, 7) is 0.666. The van der Waals surface area contributed by atoms with Gasteiger partial charge in [0.25, 0.3) is 0 Å². The molecule has 0 aliphatic carbocycles. The van der Waals surface area contributed by atoms with Crippen LogP contribution in [0.1, 0.15) is 0 Å². The van der Waals surface area contributed by atoms with Crippen LogP contribution >= 0.6 is 23.4 Å². The normalized spacial score (nSPS) is 10.1. The van der Waals surface area contributed by atoms with Crippen LogP contribution < -0.4 is 5.32 Å². The Morgan fingerprint density at radius 3 is 2.75 bits per heavy atom. The first-order valence-corrected chi connectivity index (χ1v) is 6.37. The molecule has 0 aromatic heterocycles. The summed E-state index contributed by atoms with van der Waals surface area (Å²) in [6, 6.07) is 7.05. The third-order valence-electron chi connectivity index (χ3n) is 1.79. The van der Waals surface area contributed by atoms with Gasteiger partial charge in [-0.25, -0.2) is 0 Å². The second kappa shape index (κ2) is 7.54. The fourth-order valence-electron chi connectivity index (χ4n) is 1.04. The van der Waals surface area contributed by atoms with E-state index in [-0.39, 0.29) is 5.91 Å². The second-order valence-corrected chi connectivity index (χ2v) is 4.64. The monoisotopic (exact) mass is 259 g/mol. The third-order valence-corrected chi connectivity index (χ3v) is 2.97. The lowest BCUT2D eigenvalue weighted by molar-refractivity contribution is -0.113. The molecule has 0 unspecified atom stereocenters. The molecule has 0 atom stereocenters. The number of anilines is 1. The number of amides is 1. The average Bonchev–Trinajstić information content (AvgIpc) is 2.28. The van der Waals surface area contributed by atoms with E-state index in [0.29, 0.717) is 17.4 Å². The first kappa shape index (κ1) is 13.4. The number of thioether (sulfide) groups is 1. The van der Waals surface area contributed by atoms with E-state index in [4.69, 9.17) is 16.3 Å². The Morgan fingerprint density at radius 1 is 1.44 bits per heavy atom. The predicted molar refractivity (Wildman–Crippen MR) is 69.3 cm³/mol. The standard InChI is InChI=1S/C11H14ClNO2S/c1-15-6-7-16-8-11(14)13-10-4-2-9(12)3-5-10/h2-5H,6-8H2,1H3,(H,13,14). The van der Waals surface area contributed by atoms with Crippen molar-refractivity contribution in [2.45, 2.75) is 0 Å². The minimum atomic E-state index is -0.0107. The molecule has 0 bridgehead atoms. The van der Waals surface area contributed by atoms with Crippen LogP contribution in [0.15, 0.2) is 24.3 Å². The highest BCUT2D eigenvalue weighted by molar-refractivity contribution is 7.99. The van der Waals surface area contributed by atoms with E-state index >= 15 is 0 Å². The van der Waals surface area contributed by atoms with Gasteiger partial charge in [0.1, 0.15) is 0 Å². The lowest BCUT2D eigenvalue weighted by Gasteiger charge is -2.04. The summed E-state index contributed by atoms with van der Waals surface area (Å²) in [7, 11) is 1.65. The highest BCUT2D eigenvalue weighted by atomic mass is 35.5. The zero-order chi connectivity index (χ0) is 11.8. The third kappa shape index (κ3) is 5.39. The maximum Gasteiger partial charge on any atom is 0.234 e. The largest absolute Gasteiger partial charge is 0.384 e. The summed E-state index contributed by atoms with van der Waals surface area (Å²) in [5.74, 6) is 1.25. The lowest BCUT2D eigenvalue weighted by Crippen LogP contribution is -2.14. The number of hydrogen-bond acceptors (Lipinski definition) is 3. The Labute approximate surface area is 105 Å². The van der Waals surface area contributed by atoms with E-state index in [1.54, 1.807) is 43.1 Å². The lowest BCUT2D eigenvalue weighted by atomic mass is 10.3. The predicted octanol–water partition coefficient (Wildman–Crippen LogP) is 2.66. The van der Waals surface area contributed by atoms with E-state index in [9.17, 15) is 4.79 Å². The van der Waals surface area contributed by atoms with E-state index in [2.05, 4.69) is 5.32 Å². The maximum absolute atomic E-state index is 11.5. The molecule has 1 rings (SSSR count). The molecular formula is C11H14ClNO2S. The summed E-state index contributed by atoms with van der Waals surface area (Å²) < 4.78 is 4.89. The van der Waals surface area contributed by atoms with Gasteiger partial charge < -0.3 is 10.1 Å². The summed E-state index contributed by atoms with van der Waals surface area (Å²) in [4.78, 5) is 11.5. The van der Waals surface area contributed by atoms with Gasteiger partial charge in [-0.15, -0.1) is 11.8 Å². The van der Waals surface area contributed by atoms with Crippen LogP contribution in [-0.2, 0) is 9.53 Å². The highest BCUT2D eigenvalue weighted by Crippen LogP contribution is 2.13. The van der Waals surface area contributed by atoms with Gasteiger partial charge in [0.2, 0.25) is 5.91 Å². The van der Waals surface area contributed by atoms with E-state index in [1.165, 1.54) is 0 Å². The smallest absolute Gasteiger partial charge is 0.234 e. The van der Waals surface area contributed by atoms with Gasteiger partial charge in [-0.3, -0.25) is 4.79 Å². The molecule has 0 aliphatic heterocycles. The number of carbonyl (C=O) groups is 1. The Kier molecular flexibility index (Phi) is 6.30. The zero-order valence-electron chi connectivity index (χ0n) is 9.03. The molecule has 0 saturated carbocycles. The van der Waals surface area contributed by atoms with Gasteiger partial charge in [-0.1, -0.05) is 11.6 Å². The van der Waals surface area contributed by atoms with Gasteiger partial charge in [0.15, 0.2) is 0 Å². The fourth-order valence-corrected chi connectivity index (χ4v) is 1.85. The number of halogens is 1. The Morgan fingerprint density at radius 2 is 2.12 bits per heavy atom. The number of carbonyl (C=O) groups excluding carboxylic acids is 1.